The molecule has 0 saturated carbocycles. The lowest BCUT2D eigenvalue weighted by Gasteiger charge is -2.00. The summed E-state index contributed by atoms with van der Waals surface area (Å²) in [6.07, 6.45) is 0. The Morgan fingerprint density at radius 2 is 2.20 bits per heavy atom. The zero-order valence-corrected chi connectivity index (χ0v) is 11.6. The highest BCUT2D eigenvalue weighted by atomic mass is 32.1. The van der Waals surface area contributed by atoms with Gasteiger partial charge in [-0.05, 0) is 19.1 Å². The van der Waals surface area contributed by atoms with Gasteiger partial charge in [-0.1, -0.05) is 12.1 Å². The van der Waals surface area contributed by atoms with Gasteiger partial charge in [0.25, 0.3) is 0 Å². The smallest absolute Gasteiger partial charge is 0.224 e. The predicted octanol–water partition coefficient (Wildman–Crippen LogP) is 1.67. The molecule has 1 aromatic carbocycles. The van der Waals surface area contributed by atoms with Crippen molar-refractivity contribution < 1.29 is 0 Å². The van der Waals surface area contributed by atoms with Crippen molar-refractivity contribution in [3.63, 3.8) is 0 Å². The highest BCUT2D eigenvalue weighted by Gasteiger charge is 2.02. The third kappa shape index (κ3) is 3.40. The van der Waals surface area contributed by atoms with Gasteiger partial charge in [-0.25, -0.2) is 4.98 Å². The van der Waals surface area contributed by atoms with Gasteiger partial charge < -0.3 is 11.5 Å². The molecule has 6 nitrogen and oxygen atoms in total. The van der Waals surface area contributed by atoms with Crippen molar-refractivity contribution in [3.8, 4) is 6.07 Å². The lowest BCUT2D eigenvalue weighted by atomic mass is 10.1. The first kappa shape index (κ1) is 13.7. The van der Waals surface area contributed by atoms with Crippen molar-refractivity contribution in [1.82, 2.24) is 4.98 Å². The second kappa shape index (κ2) is 5.95. The van der Waals surface area contributed by atoms with Crippen LogP contribution in [0.5, 0.6) is 0 Å². The summed E-state index contributed by atoms with van der Waals surface area (Å²) in [6, 6.07) is 8.84. The van der Waals surface area contributed by atoms with Crippen LogP contribution in [0.3, 0.4) is 0 Å². The van der Waals surface area contributed by atoms with E-state index in [1.165, 1.54) is 11.3 Å². The topological polar surface area (TPSA) is 113 Å². The van der Waals surface area contributed by atoms with Gasteiger partial charge in [-0.15, -0.1) is 11.3 Å². The number of aryl methyl sites for hydroxylation is 1. The molecule has 0 amide bonds. The molecule has 1 aromatic heterocycles. The average molecular weight is 284 g/mol. The molecule has 0 fully saturated rings. The number of amidine groups is 1. The van der Waals surface area contributed by atoms with E-state index in [0.29, 0.717) is 16.3 Å². The van der Waals surface area contributed by atoms with Crippen LogP contribution in [0.25, 0.3) is 0 Å². The normalized spacial score (nSPS) is 12.2. The monoisotopic (exact) mass is 284 g/mol. The first-order chi connectivity index (χ1) is 9.58. The molecule has 0 bridgehead atoms. The Hall–Kier alpha value is -2.72. The van der Waals surface area contributed by atoms with Crippen LogP contribution >= 0.6 is 11.3 Å². The van der Waals surface area contributed by atoms with E-state index >= 15 is 0 Å². The van der Waals surface area contributed by atoms with Crippen molar-refractivity contribution in [2.45, 2.75) is 6.92 Å². The van der Waals surface area contributed by atoms with E-state index < -0.39 is 0 Å². The molecule has 100 valence electrons. The summed E-state index contributed by atoms with van der Waals surface area (Å²) >= 11 is 1.38. The van der Waals surface area contributed by atoms with Gasteiger partial charge in [-0.3, -0.25) is 0 Å². The van der Waals surface area contributed by atoms with Gasteiger partial charge in [0.1, 0.15) is 5.84 Å². The van der Waals surface area contributed by atoms with E-state index in [1.54, 1.807) is 24.3 Å². The Bertz CT molecular complexity index is 722. The molecule has 2 aromatic rings. The summed E-state index contributed by atoms with van der Waals surface area (Å²) in [6.45, 7) is 1.87. The number of guanidine groups is 1. The fraction of sp³-hybridized carbons (Fsp3) is 0.0769. The van der Waals surface area contributed by atoms with Crippen LogP contribution in [-0.4, -0.2) is 16.8 Å². The number of aliphatic imine (C=N–C) groups is 2. The molecule has 0 unspecified atom stereocenters. The standard InChI is InChI=1S/C13H12N6S/c1-8-7-20-13(17-8)19-12(16)18-11(15)10-4-2-3-9(5-10)6-14/h2-5,7H,1H3,(H4,15,16,17,18,19). The third-order valence-electron chi connectivity index (χ3n) is 2.34. The van der Waals surface area contributed by atoms with E-state index in [-0.39, 0.29) is 11.8 Å². The average Bonchev–Trinajstić information content (AvgIpc) is 2.83. The summed E-state index contributed by atoms with van der Waals surface area (Å²) < 4.78 is 0. The van der Waals surface area contributed by atoms with E-state index in [1.807, 2.05) is 18.4 Å². The lowest BCUT2D eigenvalue weighted by Crippen LogP contribution is -2.19. The number of aromatic nitrogens is 1. The van der Waals surface area contributed by atoms with E-state index in [4.69, 9.17) is 16.7 Å². The Morgan fingerprint density at radius 1 is 1.40 bits per heavy atom. The molecule has 0 atom stereocenters. The minimum absolute atomic E-state index is 0.0270. The van der Waals surface area contributed by atoms with Crippen molar-refractivity contribution in [2.75, 3.05) is 0 Å². The van der Waals surface area contributed by atoms with Gasteiger partial charge in [0.15, 0.2) is 0 Å². The molecule has 0 aliphatic carbocycles. The van der Waals surface area contributed by atoms with E-state index in [0.717, 1.165) is 5.69 Å². The van der Waals surface area contributed by atoms with Crippen LogP contribution in [0, 0.1) is 18.3 Å². The summed E-state index contributed by atoms with van der Waals surface area (Å²) in [5.74, 6) is 0.232. The maximum atomic E-state index is 8.84. The molecule has 1 heterocycles. The van der Waals surface area contributed by atoms with Gasteiger partial charge in [0, 0.05) is 10.9 Å². The molecule has 4 N–H and O–H groups in total. The van der Waals surface area contributed by atoms with Gasteiger partial charge in [0.2, 0.25) is 11.1 Å². The molecule has 2 rings (SSSR count). The first-order valence-corrected chi connectivity index (χ1v) is 6.57. The highest BCUT2D eigenvalue weighted by Crippen LogP contribution is 2.17. The van der Waals surface area contributed by atoms with Crippen molar-refractivity contribution >= 4 is 28.3 Å². The fourth-order valence-corrected chi connectivity index (χ4v) is 2.12. The molecular formula is C13H12N6S. The molecular weight excluding hydrogens is 272 g/mol. The van der Waals surface area contributed by atoms with Crippen LogP contribution in [0.1, 0.15) is 16.8 Å². The zero-order chi connectivity index (χ0) is 14.5. The number of hydrogen-bond donors (Lipinski definition) is 2. The van der Waals surface area contributed by atoms with Crippen molar-refractivity contribution in [1.29, 1.82) is 5.26 Å². The highest BCUT2D eigenvalue weighted by molar-refractivity contribution is 7.13. The number of benzene rings is 1. The molecule has 0 aliphatic rings. The Balaban J connectivity index is 2.25. The van der Waals surface area contributed by atoms with Crippen molar-refractivity contribution in [3.05, 3.63) is 46.5 Å². The zero-order valence-electron chi connectivity index (χ0n) is 10.7. The maximum Gasteiger partial charge on any atom is 0.224 e. The second-order valence-corrected chi connectivity index (χ2v) is 4.77. The van der Waals surface area contributed by atoms with Crippen LogP contribution in [0.15, 0.2) is 39.6 Å². The number of nitrogens with zero attached hydrogens (tertiary/aromatic N) is 4. The summed E-state index contributed by atoms with van der Waals surface area (Å²) in [5, 5.41) is 11.2. The summed E-state index contributed by atoms with van der Waals surface area (Å²) in [7, 11) is 0. The van der Waals surface area contributed by atoms with E-state index in [2.05, 4.69) is 15.0 Å². The molecule has 0 aliphatic heterocycles. The number of rotatable bonds is 2. The Labute approximate surface area is 120 Å². The minimum atomic E-state index is 0.0270. The van der Waals surface area contributed by atoms with Gasteiger partial charge >= 0.3 is 0 Å². The number of nitriles is 1. The van der Waals surface area contributed by atoms with Crippen molar-refractivity contribution in [2.24, 2.45) is 21.5 Å². The Kier molecular flexibility index (Phi) is 4.08. The second-order valence-electron chi connectivity index (χ2n) is 3.93. The van der Waals surface area contributed by atoms with Crippen LogP contribution in [-0.2, 0) is 0 Å². The maximum absolute atomic E-state index is 8.84. The molecule has 0 saturated heterocycles. The number of nitrogens with two attached hydrogens (primary N) is 2. The molecule has 7 heteroatoms. The fourth-order valence-electron chi connectivity index (χ4n) is 1.45. The van der Waals surface area contributed by atoms with E-state index in [9.17, 15) is 0 Å². The van der Waals surface area contributed by atoms with Crippen LogP contribution in [0.2, 0.25) is 0 Å². The minimum Gasteiger partial charge on any atom is -0.383 e. The third-order valence-corrected chi connectivity index (χ3v) is 3.19. The summed E-state index contributed by atoms with van der Waals surface area (Å²) in [4.78, 5) is 12.2. The molecule has 20 heavy (non-hydrogen) atoms. The number of thiazole rings is 1. The van der Waals surface area contributed by atoms with Crippen LogP contribution < -0.4 is 11.5 Å². The van der Waals surface area contributed by atoms with Gasteiger partial charge in [0.05, 0.1) is 17.3 Å². The molecule has 0 radical (unpaired) electrons. The predicted molar refractivity (Wildman–Crippen MR) is 80.0 cm³/mol. The quantitative estimate of drug-likeness (QED) is 0.645. The Morgan fingerprint density at radius 3 is 2.85 bits per heavy atom. The number of hydrogen-bond acceptors (Lipinski definition) is 4. The van der Waals surface area contributed by atoms with Gasteiger partial charge in [-0.2, -0.15) is 15.2 Å². The largest absolute Gasteiger partial charge is 0.383 e. The summed E-state index contributed by atoms with van der Waals surface area (Å²) in [5.41, 5.74) is 13.6. The van der Waals surface area contributed by atoms with Crippen LogP contribution in [0.4, 0.5) is 5.13 Å². The first-order valence-electron chi connectivity index (χ1n) is 5.69. The molecule has 0 spiro atoms. The SMILES string of the molecule is Cc1csc(/N=C(N)/N=C(\N)c2cccc(C#N)c2)n1. The lowest BCUT2D eigenvalue weighted by molar-refractivity contribution is 1.23.